The number of carbonyl (C=O) groups excluding carboxylic acids is 1. The molecule has 1 amide bonds. The number of pyridine rings is 1. The fourth-order valence-corrected chi connectivity index (χ4v) is 5.02. The molecule has 0 aliphatic carbocycles. The van der Waals surface area contributed by atoms with Crippen molar-refractivity contribution in [1.82, 2.24) is 4.98 Å². The van der Waals surface area contributed by atoms with E-state index in [-0.39, 0.29) is 24.0 Å². The van der Waals surface area contributed by atoms with Crippen LogP contribution in [0.25, 0.3) is 11.1 Å². The molecule has 1 saturated heterocycles. The summed E-state index contributed by atoms with van der Waals surface area (Å²) < 4.78 is 68.1. The molecule has 2 heterocycles. The molecule has 1 N–H and O–H groups in total. The van der Waals surface area contributed by atoms with E-state index < -0.39 is 34.7 Å². The zero-order valence-corrected chi connectivity index (χ0v) is 22.1. The fourth-order valence-electron chi connectivity index (χ4n) is 5.02. The van der Waals surface area contributed by atoms with E-state index in [9.17, 15) is 31.9 Å². The molecule has 0 radical (unpaired) electrons. The van der Waals surface area contributed by atoms with Crippen LogP contribution in [0.1, 0.15) is 43.4 Å². The number of anilines is 2. The number of aliphatic hydroxyl groups is 1. The molecule has 0 saturated carbocycles. The summed E-state index contributed by atoms with van der Waals surface area (Å²) in [6.07, 6.45) is -3.18. The summed E-state index contributed by atoms with van der Waals surface area (Å²) in [7, 11) is 1.45. The molecule has 0 spiro atoms. The highest BCUT2D eigenvalue weighted by Crippen LogP contribution is 2.37. The predicted molar refractivity (Wildman–Crippen MR) is 140 cm³/mol. The number of aryl methyl sites for hydroxylation is 1. The highest BCUT2D eigenvalue weighted by molar-refractivity contribution is 6.00. The van der Waals surface area contributed by atoms with Crippen LogP contribution in [0.2, 0.25) is 0 Å². The quantitative estimate of drug-likeness (QED) is 0.371. The second-order valence-electron chi connectivity index (χ2n) is 10.4. The van der Waals surface area contributed by atoms with E-state index in [1.54, 1.807) is 19.1 Å². The van der Waals surface area contributed by atoms with Crippen molar-refractivity contribution in [1.29, 1.82) is 0 Å². The van der Waals surface area contributed by atoms with Crippen LogP contribution in [0.15, 0.2) is 48.5 Å². The lowest BCUT2D eigenvalue weighted by Gasteiger charge is -2.31. The number of rotatable bonds is 6. The van der Waals surface area contributed by atoms with Gasteiger partial charge in [0.1, 0.15) is 23.3 Å². The highest BCUT2D eigenvalue weighted by Gasteiger charge is 2.38. The van der Waals surface area contributed by atoms with Gasteiger partial charge < -0.3 is 10.0 Å². The lowest BCUT2D eigenvalue weighted by atomic mass is 9.82. The minimum atomic E-state index is -4.78. The van der Waals surface area contributed by atoms with Gasteiger partial charge in [-0.1, -0.05) is 6.07 Å². The van der Waals surface area contributed by atoms with Crippen LogP contribution in [0, 0.1) is 18.6 Å². The fraction of sp³-hybridized carbons (Fsp3) is 0.379. The Balaban J connectivity index is 1.79. The summed E-state index contributed by atoms with van der Waals surface area (Å²) in [5, 5.41) is 9.87. The van der Waals surface area contributed by atoms with E-state index in [2.05, 4.69) is 4.98 Å². The van der Waals surface area contributed by atoms with E-state index in [0.29, 0.717) is 35.1 Å². The first-order valence-corrected chi connectivity index (χ1v) is 12.5. The maximum absolute atomic E-state index is 14.2. The van der Waals surface area contributed by atoms with Gasteiger partial charge in [-0.3, -0.25) is 9.69 Å². The van der Waals surface area contributed by atoms with Gasteiger partial charge in [0.2, 0.25) is 5.91 Å². The summed E-state index contributed by atoms with van der Waals surface area (Å²) >= 11 is 0. The number of carbonyl (C=O) groups is 1. The van der Waals surface area contributed by atoms with Crippen LogP contribution in [0.5, 0.6) is 0 Å². The third-order valence-electron chi connectivity index (χ3n) is 7.31. The standard InChI is InChI=1S/C29H30F5N3O2/c1-17-10-21(30)7-8-24(17)18-11-25(35-26(12-18)37-9-5-6-23(37)16-38)36(4)27(39)28(2,3)19-13-20(29(32,33)34)15-22(31)14-19/h7-8,10-15,23,38H,5-6,9,16H2,1-4H3. The van der Waals surface area contributed by atoms with Crippen molar-refractivity contribution in [3.63, 3.8) is 0 Å². The molecule has 1 unspecified atom stereocenters. The Labute approximate surface area is 223 Å². The van der Waals surface area contributed by atoms with Gasteiger partial charge in [0.15, 0.2) is 0 Å². The first-order valence-electron chi connectivity index (χ1n) is 12.5. The van der Waals surface area contributed by atoms with Crippen LogP contribution in [-0.2, 0) is 16.4 Å². The monoisotopic (exact) mass is 547 g/mol. The van der Waals surface area contributed by atoms with Crippen molar-refractivity contribution >= 4 is 17.5 Å². The maximum atomic E-state index is 14.2. The second-order valence-corrected chi connectivity index (χ2v) is 10.4. The molecular weight excluding hydrogens is 517 g/mol. The molecule has 10 heteroatoms. The number of alkyl halides is 3. The van der Waals surface area contributed by atoms with Gasteiger partial charge in [-0.2, -0.15) is 13.2 Å². The normalized spacial score (nSPS) is 16.1. The average molecular weight is 548 g/mol. The first kappa shape index (κ1) is 28.5. The molecule has 2 aromatic carbocycles. The van der Waals surface area contributed by atoms with Gasteiger partial charge in [-0.05, 0) is 98.3 Å². The molecule has 5 nitrogen and oxygen atoms in total. The minimum Gasteiger partial charge on any atom is -0.394 e. The largest absolute Gasteiger partial charge is 0.416 e. The Kier molecular flexibility index (Phi) is 7.71. The molecule has 1 aliphatic rings. The van der Waals surface area contributed by atoms with Gasteiger partial charge in [0, 0.05) is 13.6 Å². The first-order chi connectivity index (χ1) is 18.2. The predicted octanol–water partition coefficient (Wildman–Crippen LogP) is 6.26. The van der Waals surface area contributed by atoms with Crippen LogP contribution in [0.4, 0.5) is 33.6 Å². The van der Waals surface area contributed by atoms with Gasteiger partial charge in [-0.15, -0.1) is 0 Å². The Hall–Kier alpha value is -3.53. The number of amides is 1. The van der Waals surface area contributed by atoms with Crippen molar-refractivity contribution in [2.45, 2.75) is 51.2 Å². The summed E-state index contributed by atoms with van der Waals surface area (Å²) in [6, 6.07) is 9.73. The third kappa shape index (κ3) is 5.75. The van der Waals surface area contributed by atoms with E-state index in [1.807, 2.05) is 11.0 Å². The zero-order valence-electron chi connectivity index (χ0n) is 22.1. The van der Waals surface area contributed by atoms with Gasteiger partial charge in [-0.25, -0.2) is 13.8 Å². The van der Waals surface area contributed by atoms with Gasteiger partial charge in [0.05, 0.1) is 23.6 Å². The summed E-state index contributed by atoms with van der Waals surface area (Å²) in [5.74, 6) is -1.38. The van der Waals surface area contributed by atoms with Crippen molar-refractivity contribution < 1.29 is 31.9 Å². The number of nitrogens with zero attached hydrogens (tertiary/aromatic N) is 3. The molecule has 1 atom stereocenters. The number of halogens is 5. The van der Waals surface area contributed by atoms with Crippen LogP contribution in [-0.4, -0.2) is 42.2 Å². The number of likely N-dealkylation sites (N-methyl/N-ethyl adjacent to an activating group) is 1. The van der Waals surface area contributed by atoms with Crippen LogP contribution >= 0.6 is 0 Å². The van der Waals surface area contributed by atoms with Gasteiger partial charge in [0.25, 0.3) is 0 Å². The zero-order chi connectivity index (χ0) is 28.7. The summed E-state index contributed by atoms with van der Waals surface area (Å²) in [6.45, 7) is 5.16. The van der Waals surface area contributed by atoms with Crippen molar-refractivity contribution in [3.05, 3.63) is 76.9 Å². The molecule has 1 fully saturated rings. The number of hydrogen-bond acceptors (Lipinski definition) is 4. The second kappa shape index (κ2) is 10.6. The Bertz CT molecular complexity index is 1390. The molecule has 1 aromatic heterocycles. The smallest absolute Gasteiger partial charge is 0.394 e. The molecule has 1 aliphatic heterocycles. The topological polar surface area (TPSA) is 56.7 Å². The molecule has 0 bridgehead atoms. The van der Waals surface area contributed by atoms with Crippen molar-refractivity contribution in [2.24, 2.45) is 0 Å². The van der Waals surface area contributed by atoms with E-state index in [4.69, 9.17) is 0 Å². The lowest BCUT2D eigenvalue weighted by molar-refractivity contribution is -0.138. The Morgan fingerprint density at radius 2 is 1.74 bits per heavy atom. The number of aliphatic hydroxyl groups excluding tert-OH is 1. The maximum Gasteiger partial charge on any atom is 0.416 e. The minimum absolute atomic E-state index is 0.0836. The average Bonchev–Trinajstić information content (AvgIpc) is 3.35. The Morgan fingerprint density at radius 3 is 2.38 bits per heavy atom. The van der Waals surface area contributed by atoms with Crippen molar-refractivity contribution in [2.75, 3.05) is 30.0 Å². The molecule has 4 rings (SSSR count). The van der Waals surface area contributed by atoms with E-state index >= 15 is 0 Å². The number of hydrogen-bond donors (Lipinski definition) is 1. The van der Waals surface area contributed by atoms with Crippen LogP contribution < -0.4 is 9.80 Å². The lowest BCUT2D eigenvalue weighted by Crippen LogP contribution is -2.42. The number of aromatic nitrogens is 1. The SMILES string of the molecule is Cc1cc(F)ccc1-c1cc(N(C)C(=O)C(C)(C)c2cc(F)cc(C(F)(F)F)c2)nc(N2CCCC2CO)c1. The van der Waals surface area contributed by atoms with Crippen LogP contribution in [0.3, 0.4) is 0 Å². The van der Waals surface area contributed by atoms with E-state index in [0.717, 1.165) is 25.0 Å². The highest BCUT2D eigenvalue weighted by atomic mass is 19.4. The van der Waals surface area contributed by atoms with Gasteiger partial charge >= 0.3 is 6.18 Å². The number of benzene rings is 2. The van der Waals surface area contributed by atoms with Crippen molar-refractivity contribution in [3.8, 4) is 11.1 Å². The summed E-state index contributed by atoms with van der Waals surface area (Å²) in [4.78, 5) is 21.6. The molecule has 208 valence electrons. The molecule has 3 aromatic rings. The molecule has 39 heavy (non-hydrogen) atoms. The third-order valence-corrected chi connectivity index (χ3v) is 7.31. The summed E-state index contributed by atoms with van der Waals surface area (Å²) in [5.41, 5.74) is -0.828. The van der Waals surface area contributed by atoms with E-state index in [1.165, 1.54) is 37.9 Å². The Morgan fingerprint density at radius 1 is 1.05 bits per heavy atom. The molecular formula is C29H30F5N3O2.